The number of thiazole rings is 1. The van der Waals surface area contributed by atoms with Crippen molar-refractivity contribution in [3.63, 3.8) is 0 Å². The minimum absolute atomic E-state index is 0. The molecule has 2 N–H and O–H groups in total. The number of benzene rings is 2. The predicted molar refractivity (Wildman–Crippen MR) is 94.6 cm³/mol. The first-order valence-corrected chi connectivity index (χ1v) is 8.18. The number of aromatic nitrogens is 1. The smallest absolute Gasteiger partial charge is 0.203 e. The lowest BCUT2D eigenvalue weighted by atomic mass is 10.2. The van der Waals surface area contributed by atoms with Crippen molar-refractivity contribution in [1.29, 1.82) is 0 Å². The number of phenolic OH excluding ortho intramolecular Hbond substituents is 1. The Hall–Kier alpha value is -1.70. The van der Waals surface area contributed by atoms with E-state index in [9.17, 15) is 5.11 Å². The van der Waals surface area contributed by atoms with E-state index in [0.717, 1.165) is 15.7 Å². The maximum Gasteiger partial charge on any atom is 0.203 e. The van der Waals surface area contributed by atoms with Crippen molar-refractivity contribution >= 4 is 38.6 Å². The molecule has 0 unspecified atom stereocenters. The quantitative estimate of drug-likeness (QED) is 0.467. The molecule has 0 aliphatic heterocycles. The first kappa shape index (κ1) is 17.7. The van der Waals surface area contributed by atoms with Gasteiger partial charge in [-0.2, -0.15) is 5.10 Å². The summed E-state index contributed by atoms with van der Waals surface area (Å²) in [7, 11) is 0. The van der Waals surface area contributed by atoms with Crippen LogP contribution in [0.3, 0.4) is 0 Å². The van der Waals surface area contributed by atoms with Gasteiger partial charge in [-0.1, -0.05) is 46.3 Å². The third-order valence-electron chi connectivity index (χ3n) is 2.93. The number of rotatable bonds is 4. The normalized spacial score (nSPS) is 10.5. The molecule has 0 aliphatic carbocycles. The Kier molecular flexibility index (Phi) is 6.32. The molecule has 0 atom stereocenters. The summed E-state index contributed by atoms with van der Waals surface area (Å²) in [5.74, 6) is 0.179. The van der Waals surface area contributed by atoms with Crippen molar-refractivity contribution < 1.29 is 22.1 Å². The Morgan fingerprint density at radius 3 is 2.74 bits per heavy atom. The molecule has 7 heteroatoms. The van der Waals surface area contributed by atoms with E-state index in [-0.39, 0.29) is 22.7 Å². The van der Waals surface area contributed by atoms with Crippen molar-refractivity contribution in [2.24, 2.45) is 5.10 Å². The molecule has 0 radical (unpaired) electrons. The number of hydrogen-bond acceptors (Lipinski definition) is 5. The van der Waals surface area contributed by atoms with Crippen LogP contribution in [-0.4, -0.2) is 16.3 Å². The molecule has 2 aromatic carbocycles. The third kappa shape index (κ3) is 4.63. The standard InChI is InChI=1S/C16H12BrN3OS.BrH/c17-13-6-7-15(21)12(8-13)9-18-20-16-19-14(10-22-16)11-4-2-1-3-5-11;/h1-10,21H,(H,19,20);1H/p-1/b18-9+;. The highest BCUT2D eigenvalue weighted by Gasteiger charge is 2.03. The third-order valence-corrected chi connectivity index (χ3v) is 4.17. The van der Waals surface area contributed by atoms with Crippen LogP contribution in [0.25, 0.3) is 11.3 Å². The largest absolute Gasteiger partial charge is 1.00 e. The van der Waals surface area contributed by atoms with Gasteiger partial charge >= 0.3 is 0 Å². The number of aromatic hydroxyl groups is 1. The van der Waals surface area contributed by atoms with Gasteiger partial charge in [0, 0.05) is 21.0 Å². The number of phenols is 1. The average Bonchev–Trinajstić information content (AvgIpc) is 3.00. The second-order valence-electron chi connectivity index (χ2n) is 4.48. The van der Waals surface area contributed by atoms with Crippen LogP contribution in [-0.2, 0) is 0 Å². The van der Waals surface area contributed by atoms with Crippen molar-refractivity contribution in [1.82, 2.24) is 4.98 Å². The first-order valence-electron chi connectivity index (χ1n) is 6.51. The molecule has 1 aromatic heterocycles. The van der Waals surface area contributed by atoms with E-state index in [1.54, 1.807) is 24.4 Å². The summed E-state index contributed by atoms with van der Waals surface area (Å²) in [5, 5.41) is 16.5. The van der Waals surface area contributed by atoms with E-state index in [2.05, 4.69) is 31.4 Å². The van der Waals surface area contributed by atoms with Gasteiger partial charge in [0.25, 0.3) is 0 Å². The van der Waals surface area contributed by atoms with Crippen LogP contribution in [0.4, 0.5) is 5.13 Å². The maximum atomic E-state index is 9.73. The first-order chi connectivity index (χ1) is 10.7. The molecule has 23 heavy (non-hydrogen) atoms. The Balaban J connectivity index is 0.00000192. The number of hydrazone groups is 1. The monoisotopic (exact) mass is 452 g/mol. The van der Waals surface area contributed by atoms with Crippen LogP contribution >= 0.6 is 27.3 Å². The van der Waals surface area contributed by atoms with Gasteiger partial charge < -0.3 is 22.1 Å². The summed E-state index contributed by atoms with van der Waals surface area (Å²) in [6.45, 7) is 0. The molecule has 3 rings (SSSR count). The Labute approximate surface area is 156 Å². The predicted octanol–water partition coefficient (Wildman–Crippen LogP) is 1.73. The van der Waals surface area contributed by atoms with Crippen LogP contribution in [0.15, 0.2) is 63.5 Å². The zero-order chi connectivity index (χ0) is 15.4. The number of halogens is 2. The van der Waals surface area contributed by atoms with Crippen LogP contribution in [0, 0.1) is 0 Å². The lowest BCUT2D eigenvalue weighted by Crippen LogP contribution is -3.00. The number of nitrogens with zero attached hydrogens (tertiary/aromatic N) is 2. The van der Waals surface area contributed by atoms with E-state index in [1.807, 2.05) is 35.7 Å². The minimum Gasteiger partial charge on any atom is -1.00 e. The summed E-state index contributed by atoms with van der Waals surface area (Å²) in [5.41, 5.74) is 5.49. The van der Waals surface area contributed by atoms with Crippen LogP contribution in [0.2, 0.25) is 0 Å². The summed E-state index contributed by atoms with van der Waals surface area (Å²) in [6.07, 6.45) is 1.56. The van der Waals surface area contributed by atoms with Gasteiger partial charge in [0.15, 0.2) is 0 Å². The van der Waals surface area contributed by atoms with Gasteiger partial charge in [-0.05, 0) is 18.2 Å². The van der Waals surface area contributed by atoms with Gasteiger partial charge in [0.05, 0.1) is 11.9 Å². The summed E-state index contributed by atoms with van der Waals surface area (Å²) < 4.78 is 0.882. The molecule has 0 fully saturated rings. The molecule has 0 saturated carbocycles. The van der Waals surface area contributed by atoms with Crippen LogP contribution in [0.1, 0.15) is 5.56 Å². The lowest BCUT2D eigenvalue weighted by Gasteiger charge is -1.99. The molecular weight excluding hydrogens is 442 g/mol. The highest BCUT2D eigenvalue weighted by atomic mass is 79.9. The Morgan fingerprint density at radius 2 is 1.96 bits per heavy atom. The number of nitrogens with one attached hydrogen (secondary N) is 1. The summed E-state index contributed by atoms with van der Waals surface area (Å²) in [4.78, 5) is 4.47. The summed E-state index contributed by atoms with van der Waals surface area (Å²) >= 11 is 4.84. The molecule has 118 valence electrons. The second-order valence-corrected chi connectivity index (χ2v) is 6.25. The molecule has 0 saturated heterocycles. The molecule has 3 aromatic rings. The van der Waals surface area contributed by atoms with Gasteiger partial charge in [-0.15, -0.1) is 11.3 Å². The summed E-state index contributed by atoms with van der Waals surface area (Å²) in [6, 6.07) is 15.1. The average molecular weight is 454 g/mol. The van der Waals surface area contributed by atoms with Crippen LogP contribution in [0.5, 0.6) is 5.75 Å². The molecular formula is C16H12Br2N3OS-. The highest BCUT2D eigenvalue weighted by molar-refractivity contribution is 9.10. The van der Waals surface area contributed by atoms with Gasteiger partial charge in [0.1, 0.15) is 5.75 Å². The number of hydrogen-bond donors (Lipinski definition) is 2. The molecule has 0 amide bonds. The zero-order valence-electron chi connectivity index (χ0n) is 11.8. The zero-order valence-corrected chi connectivity index (χ0v) is 15.8. The highest BCUT2D eigenvalue weighted by Crippen LogP contribution is 2.25. The lowest BCUT2D eigenvalue weighted by molar-refractivity contribution is -0.00000519. The molecule has 1 heterocycles. The fourth-order valence-electron chi connectivity index (χ4n) is 1.85. The van der Waals surface area contributed by atoms with E-state index >= 15 is 0 Å². The number of anilines is 1. The SMILES string of the molecule is Oc1ccc(Br)cc1/C=N/Nc1nc(-c2ccccc2)cs1.[Br-]. The van der Waals surface area contributed by atoms with Crippen molar-refractivity contribution in [2.45, 2.75) is 0 Å². The van der Waals surface area contributed by atoms with E-state index in [1.165, 1.54) is 11.3 Å². The second kappa shape index (κ2) is 8.24. The minimum atomic E-state index is 0. The van der Waals surface area contributed by atoms with Crippen molar-refractivity contribution in [3.05, 3.63) is 63.9 Å². The topological polar surface area (TPSA) is 57.5 Å². The van der Waals surface area contributed by atoms with Gasteiger partial charge in [0.2, 0.25) is 5.13 Å². The van der Waals surface area contributed by atoms with Gasteiger partial charge in [-0.25, -0.2) is 4.98 Å². The van der Waals surface area contributed by atoms with E-state index in [4.69, 9.17) is 0 Å². The van der Waals surface area contributed by atoms with E-state index in [0.29, 0.717) is 10.7 Å². The van der Waals surface area contributed by atoms with Crippen molar-refractivity contribution in [2.75, 3.05) is 5.43 Å². The maximum absolute atomic E-state index is 9.73. The molecule has 0 aliphatic rings. The molecule has 0 spiro atoms. The Bertz CT molecular complexity index is 806. The molecule has 0 bridgehead atoms. The fraction of sp³-hybridized carbons (Fsp3) is 0. The van der Waals surface area contributed by atoms with Crippen molar-refractivity contribution in [3.8, 4) is 17.0 Å². The Morgan fingerprint density at radius 1 is 1.17 bits per heavy atom. The molecule has 4 nitrogen and oxygen atoms in total. The van der Waals surface area contributed by atoms with Crippen LogP contribution < -0.4 is 22.4 Å². The van der Waals surface area contributed by atoms with E-state index < -0.39 is 0 Å². The van der Waals surface area contributed by atoms with Gasteiger partial charge in [-0.3, -0.25) is 5.43 Å². The fourth-order valence-corrected chi connectivity index (χ4v) is 2.90.